The highest BCUT2D eigenvalue weighted by Crippen LogP contribution is 2.14. The Kier molecular flexibility index (Phi) is 6.77. The van der Waals surface area contributed by atoms with Gasteiger partial charge in [-0.1, -0.05) is 27.7 Å². The molecule has 4 nitrogen and oxygen atoms in total. The van der Waals surface area contributed by atoms with Gasteiger partial charge >= 0.3 is 5.97 Å². The van der Waals surface area contributed by atoms with E-state index in [1.807, 2.05) is 13.8 Å². The maximum Gasteiger partial charge on any atom is 0.303 e. The van der Waals surface area contributed by atoms with Gasteiger partial charge in [-0.3, -0.25) is 9.59 Å². The summed E-state index contributed by atoms with van der Waals surface area (Å²) in [5.74, 6) is -0.395. The first-order chi connectivity index (χ1) is 7.32. The fraction of sp³-hybridized carbons (Fsp3) is 0.833. The minimum absolute atomic E-state index is 0.0147. The number of amides is 1. The fourth-order valence-corrected chi connectivity index (χ4v) is 1.60. The maximum atomic E-state index is 11.4. The van der Waals surface area contributed by atoms with E-state index >= 15 is 0 Å². The number of nitrogens with one attached hydrogen (secondary N) is 1. The van der Waals surface area contributed by atoms with Crippen molar-refractivity contribution in [3.63, 3.8) is 0 Å². The third-order valence-corrected chi connectivity index (χ3v) is 2.36. The molecule has 0 spiro atoms. The van der Waals surface area contributed by atoms with Crippen LogP contribution in [0.1, 0.15) is 40.5 Å². The summed E-state index contributed by atoms with van der Waals surface area (Å²) in [5, 5.41) is 11.5. The van der Waals surface area contributed by atoms with Crippen LogP contribution in [0.15, 0.2) is 0 Å². The van der Waals surface area contributed by atoms with Crippen molar-refractivity contribution in [2.75, 3.05) is 6.54 Å². The summed E-state index contributed by atoms with van der Waals surface area (Å²) < 4.78 is 0. The van der Waals surface area contributed by atoms with Gasteiger partial charge in [-0.25, -0.2) is 0 Å². The van der Waals surface area contributed by atoms with Crippen molar-refractivity contribution in [3.05, 3.63) is 0 Å². The monoisotopic (exact) mass is 229 g/mol. The molecule has 0 rings (SSSR count). The molecule has 0 aliphatic heterocycles. The predicted molar refractivity (Wildman–Crippen MR) is 63.0 cm³/mol. The van der Waals surface area contributed by atoms with Crippen molar-refractivity contribution in [3.8, 4) is 0 Å². The third-order valence-electron chi connectivity index (χ3n) is 2.36. The van der Waals surface area contributed by atoms with E-state index in [1.54, 1.807) is 0 Å². The Morgan fingerprint density at radius 1 is 1.19 bits per heavy atom. The number of aliphatic carboxylic acids is 1. The first-order valence-corrected chi connectivity index (χ1v) is 5.82. The second-order valence-corrected chi connectivity index (χ2v) is 4.99. The highest BCUT2D eigenvalue weighted by molar-refractivity contribution is 5.77. The van der Waals surface area contributed by atoms with Crippen LogP contribution in [0.2, 0.25) is 0 Å². The Labute approximate surface area is 97.4 Å². The lowest BCUT2D eigenvalue weighted by atomic mass is 9.94. The molecule has 0 aromatic rings. The third kappa shape index (κ3) is 7.26. The fourth-order valence-electron chi connectivity index (χ4n) is 1.60. The Morgan fingerprint density at radius 3 is 2.12 bits per heavy atom. The Balaban J connectivity index is 4.10. The highest BCUT2D eigenvalue weighted by Gasteiger charge is 2.16. The molecule has 0 radical (unpaired) electrons. The smallest absolute Gasteiger partial charge is 0.303 e. The molecule has 0 aromatic heterocycles. The second kappa shape index (κ2) is 7.25. The van der Waals surface area contributed by atoms with Crippen molar-refractivity contribution in [1.82, 2.24) is 5.32 Å². The molecule has 0 fully saturated rings. The Morgan fingerprint density at radius 2 is 1.75 bits per heavy atom. The number of carboxylic acid groups (broad SMARTS) is 1. The summed E-state index contributed by atoms with van der Waals surface area (Å²) in [6.45, 7) is 8.22. The van der Waals surface area contributed by atoms with E-state index in [-0.39, 0.29) is 24.2 Å². The van der Waals surface area contributed by atoms with Crippen LogP contribution in [-0.4, -0.2) is 23.5 Å². The molecule has 0 aromatic carbocycles. The summed E-state index contributed by atoms with van der Waals surface area (Å²) in [5.41, 5.74) is 0. The van der Waals surface area contributed by atoms with E-state index in [4.69, 9.17) is 5.11 Å². The van der Waals surface area contributed by atoms with Gasteiger partial charge in [-0.15, -0.1) is 0 Å². The van der Waals surface area contributed by atoms with E-state index < -0.39 is 5.97 Å². The second-order valence-electron chi connectivity index (χ2n) is 4.99. The normalized spacial score (nSPS) is 12.9. The van der Waals surface area contributed by atoms with Crippen LogP contribution in [-0.2, 0) is 9.59 Å². The molecule has 1 atom stereocenters. The summed E-state index contributed by atoms with van der Waals surface area (Å²) in [4.78, 5) is 22.0. The molecule has 16 heavy (non-hydrogen) atoms. The molecule has 0 heterocycles. The molecular weight excluding hydrogens is 206 g/mol. The van der Waals surface area contributed by atoms with Crippen molar-refractivity contribution in [2.24, 2.45) is 17.8 Å². The van der Waals surface area contributed by atoms with Crippen LogP contribution in [0.5, 0.6) is 0 Å². The van der Waals surface area contributed by atoms with Crippen LogP contribution in [0.4, 0.5) is 0 Å². The zero-order valence-electron chi connectivity index (χ0n) is 10.6. The van der Waals surface area contributed by atoms with Gasteiger partial charge in [0.1, 0.15) is 0 Å². The first kappa shape index (κ1) is 14.9. The van der Waals surface area contributed by atoms with Crippen LogP contribution < -0.4 is 5.32 Å². The summed E-state index contributed by atoms with van der Waals surface area (Å²) in [6.07, 6.45) is 0.946. The van der Waals surface area contributed by atoms with E-state index in [1.165, 1.54) is 0 Å². The van der Waals surface area contributed by atoms with Gasteiger partial charge in [0.15, 0.2) is 0 Å². The van der Waals surface area contributed by atoms with Crippen molar-refractivity contribution in [1.29, 1.82) is 0 Å². The van der Waals surface area contributed by atoms with Crippen LogP contribution >= 0.6 is 0 Å². The average Bonchev–Trinajstić information content (AvgIpc) is 2.11. The first-order valence-electron chi connectivity index (χ1n) is 5.82. The van der Waals surface area contributed by atoms with Gasteiger partial charge in [0, 0.05) is 18.9 Å². The molecule has 0 saturated heterocycles. The van der Waals surface area contributed by atoms with Crippen molar-refractivity contribution in [2.45, 2.75) is 40.5 Å². The van der Waals surface area contributed by atoms with E-state index in [9.17, 15) is 9.59 Å². The topological polar surface area (TPSA) is 66.4 Å². The van der Waals surface area contributed by atoms with E-state index in [0.717, 1.165) is 6.42 Å². The zero-order valence-corrected chi connectivity index (χ0v) is 10.6. The molecule has 0 aliphatic carbocycles. The molecular formula is C12H23NO3. The number of carboxylic acids is 1. The molecule has 4 heteroatoms. The molecule has 0 aliphatic rings. The van der Waals surface area contributed by atoms with E-state index in [2.05, 4.69) is 19.2 Å². The van der Waals surface area contributed by atoms with Gasteiger partial charge in [-0.05, 0) is 18.3 Å². The lowest BCUT2D eigenvalue weighted by molar-refractivity contribution is -0.138. The number of rotatable bonds is 7. The number of hydrogen-bond acceptors (Lipinski definition) is 2. The van der Waals surface area contributed by atoms with Gasteiger partial charge in [0.25, 0.3) is 0 Å². The zero-order chi connectivity index (χ0) is 12.7. The molecule has 2 N–H and O–H groups in total. The van der Waals surface area contributed by atoms with Crippen molar-refractivity contribution < 1.29 is 14.7 Å². The SMILES string of the molecule is CC(C)C[C@@H](CNC(=O)C(C)C)CC(=O)O. The minimum Gasteiger partial charge on any atom is -0.481 e. The summed E-state index contributed by atoms with van der Waals surface area (Å²) in [6, 6.07) is 0. The average molecular weight is 229 g/mol. The lowest BCUT2D eigenvalue weighted by Crippen LogP contribution is -2.33. The molecule has 1 amide bonds. The molecule has 0 saturated carbocycles. The number of hydrogen-bond donors (Lipinski definition) is 2. The lowest BCUT2D eigenvalue weighted by Gasteiger charge is -2.18. The Bertz CT molecular complexity index is 236. The Hall–Kier alpha value is -1.06. The number of carbonyl (C=O) groups is 2. The number of carbonyl (C=O) groups excluding carboxylic acids is 1. The summed E-state index contributed by atoms with van der Waals surface area (Å²) in [7, 11) is 0. The summed E-state index contributed by atoms with van der Waals surface area (Å²) >= 11 is 0. The standard InChI is InChI=1S/C12H23NO3/c1-8(2)5-10(6-11(14)15)7-13-12(16)9(3)4/h8-10H,5-7H2,1-4H3,(H,13,16)(H,14,15)/t10-/m1/s1. The largest absolute Gasteiger partial charge is 0.481 e. The molecule has 0 bridgehead atoms. The maximum absolute atomic E-state index is 11.4. The van der Waals surface area contributed by atoms with Crippen LogP contribution in [0, 0.1) is 17.8 Å². The highest BCUT2D eigenvalue weighted by atomic mass is 16.4. The van der Waals surface area contributed by atoms with Gasteiger partial charge in [0.2, 0.25) is 5.91 Å². The van der Waals surface area contributed by atoms with Crippen LogP contribution in [0.25, 0.3) is 0 Å². The minimum atomic E-state index is -0.801. The quantitative estimate of drug-likeness (QED) is 0.700. The van der Waals surface area contributed by atoms with Gasteiger partial charge in [0.05, 0.1) is 0 Å². The molecule has 0 unspecified atom stereocenters. The predicted octanol–water partition coefficient (Wildman–Crippen LogP) is 1.90. The van der Waals surface area contributed by atoms with Crippen LogP contribution in [0.3, 0.4) is 0 Å². The van der Waals surface area contributed by atoms with E-state index in [0.29, 0.717) is 12.5 Å². The van der Waals surface area contributed by atoms with Crippen molar-refractivity contribution >= 4 is 11.9 Å². The van der Waals surface area contributed by atoms with Gasteiger partial charge in [-0.2, -0.15) is 0 Å². The van der Waals surface area contributed by atoms with Gasteiger partial charge < -0.3 is 10.4 Å². The molecule has 94 valence electrons.